The van der Waals surface area contributed by atoms with Crippen LogP contribution in [0.3, 0.4) is 0 Å². The molecule has 2 rings (SSSR count). The molecule has 0 radical (unpaired) electrons. The van der Waals surface area contributed by atoms with Crippen LogP contribution in [-0.2, 0) is 17.8 Å². The number of aryl methyl sites for hydroxylation is 1. The minimum atomic E-state index is 0.169. The van der Waals surface area contributed by atoms with Crippen molar-refractivity contribution in [2.75, 3.05) is 6.61 Å². The smallest absolute Gasteiger partial charge is 0.166 e. The van der Waals surface area contributed by atoms with Crippen LogP contribution in [-0.4, -0.2) is 22.4 Å². The Morgan fingerprint density at radius 2 is 2.31 bits per heavy atom. The van der Waals surface area contributed by atoms with Crippen molar-refractivity contribution in [1.29, 1.82) is 0 Å². The number of rotatable bonds is 4. The van der Waals surface area contributed by atoms with Gasteiger partial charge in [-0.05, 0) is 19.3 Å². The second-order valence-corrected chi connectivity index (χ2v) is 3.98. The van der Waals surface area contributed by atoms with Gasteiger partial charge < -0.3 is 4.74 Å². The molecule has 1 aliphatic rings. The molecule has 0 spiro atoms. The van der Waals surface area contributed by atoms with E-state index < -0.39 is 0 Å². The Morgan fingerprint density at radius 1 is 1.44 bits per heavy atom. The molecule has 86 valence electrons. The molecule has 0 unspecified atom stereocenters. The second kappa shape index (κ2) is 5.16. The maximum absolute atomic E-state index is 11.5. The van der Waals surface area contributed by atoms with E-state index in [0.29, 0.717) is 24.4 Å². The number of fused-ring (bicyclic) bond motifs is 1. The van der Waals surface area contributed by atoms with Gasteiger partial charge in [0.05, 0.1) is 11.3 Å². The second-order valence-electron chi connectivity index (χ2n) is 3.98. The van der Waals surface area contributed by atoms with Crippen molar-refractivity contribution < 1.29 is 9.53 Å². The molecule has 1 aromatic heterocycles. The molecule has 1 heterocycles. The monoisotopic (exact) mass is 220 g/mol. The molecule has 0 bridgehead atoms. The van der Waals surface area contributed by atoms with Gasteiger partial charge in [-0.2, -0.15) is 0 Å². The average molecular weight is 220 g/mol. The van der Waals surface area contributed by atoms with Crippen LogP contribution in [0.5, 0.6) is 0 Å². The lowest BCUT2D eigenvalue weighted by Gasteiger charge is -2.13. The molecule has 0 saturated carbocycles. The lowest BCUT2D eigenvalue weighted by atomic mass is 9.96. The van der Waals surface area contributed by atoms with E-state index in [0.717, 1.165) is 31.6 Å². The van der Waals surface area contributed by atoms with Gasteiger partial charge in [-0.3, -0.25) is 4.79 Å². The summed E-state index contributed by atoms with van der Waals surface area (Å²) in [5, 5.41) is 0. The first kappa shape index (κ1) is 11.2. The van der Waals surface area contributed by atoms with E-state index in [-0.39, 0.29) is 5.78 Å². The van der Waals surface area contributed by atoms with Crippen LogP contribution < -0.4 is 0 Å². The fourth-order valence-corrected chi connectivity index (χ4v) is 1.81. The standard InChI is InChI=1S/C12H16N2O2/c1-2-6-16-8-12-13-7-9-10(14-12)4-3-5-11(9)15/h7H,2-6,8H2,1H3. The summed E-state index contributed by atoms with van der Waals surface area (Å²) in [6, 6.07) is 0. The fourth-order valence-electron chi connectivity index (χ4n) is 1.81. The summed E-state index contributed by atoms with van der Waals surface area (Å²) in [6.45, 7) is 3.22. The van der Waals surface area contributed by atoms with Crippen molar-refractivity contribution in [3.8, 4) is 0 Å². The number of ketones is 1. The first-order chi connectivity index (χ1) is 7.81. The number of ether oxygens (including phenoxy) is 1. The van der Waals surface area contributed by atoms with Gasteiger partial charge in [0.1, 0.15) is 6.61 Å². The number of nitrogens with zero attached hydrogens (tertiary/aromatic N) is 2. The fraction of sp³-hybridized carbons (Fsp3) is 0.583. The highest BCUT2D eigenvalue weighted by Gasteiger charge is 2.19. The quantitative estimate of drug-likeness (QED) is 0.727. The molecule has 1 aliphatic carbocycles. The number of Topliss-reactive ketones (excluding diaryl/α,β-unsaturated/α-hetero) is 1. The third-order valence-electron chi connectivity index (χ3n) is 2.62. The zero-order valence-electron chi connectivity index (χ0n) is 9.53. The number of carbonyl (C=O) groups is 1. The van der Waals surface area contributed by atoms with E-state index in [1.807, 2.05) is 0 Å². The predicted molar refractivity (Wildman–Crippen MR) is 59.2 cm³/mol. The largest absolute Gasteiger partial charge is 0.373 e. The minimum Gasteiger partial charge on any atom is -0.373 e. The highest BCUT2D eigenvalue weighted by atomic mass is 16.5. The molecule has 0 fully saturated rings. The molecule has 16 heavy (non-hydrogen) atoms. The Hall–Kier alpha value is -1.29. The van der Waals surface area contributed by atoms with E-state index in [2.05, 4.69) is 16.9 Å². The van der Waals surface area contributed by atoms with Crippen LogP contribution in [0.25, 0.3) is 0 Å². The summed E-state index contributed by atoms with van der Waals surface area (Å²) in [5.41, 5.74) is 1.59. The molecule has 0 N–H and O–H groups in total. The van der Waals surface area contributed by atoms with Crippen molar-refractivity contribution >= 4 is 5.78 Å². The Bertz CT molecular complexity index is 391. The van der Waals surface area contributed by atoms with Crippen molar-refractivity contribution in [3.05, 3.63) is 23.3 Å². The van der Waals surface area contributed by atoms with Gasteiger partial charge in [-0.15, -0.1) is 0 Å². The molecular formula is C12H16N2O2. The summed E-state index contributed by atoms with van der Waals surface area (Å²) in [5.74, 6) is 0.851. The molecule has 1 aromatic rings. The summed E-state index contributed by atoms with van der Waals surface area (Å²) in [7, 11) is 0. The van der Waals surface area contributed by atoms with Crippen LogP contribution >= 0.6 is 0 Å². The lowest BCUT2D eigenvalue weighted by Crippen LogP contribution is -2.15. The topological polar surface area (TPSA) is 52.1 Å². The Kier molecular flexibility index (Phi) is 3.62. The molecule has 4 nitrogen and oxygen atoms in total. The molecule has 0 aliphatic heterocycles. The summed E-state index contributed by atoms with van der Waals surface area (Å²) >= 11 is 0. The number of carbonyl (C=O) groups excluding carboxylic acids is 1. The Balaban J connectivity index is 2.09. The van der Waals surface area contributed by atoms with Gasteiger partial charge in [-0.1, -0.05) is 6.92 Å². The van der Waals surface area contributed by atoms with Gasteiger partial charge in [-0.25, -0.2) is 9.97 Å². The van der Waals surface area contributed by atoms with Gasteiger partial charge in [0.25, 0.3) is 0 Å². The van der Waals surface area contributed by atoms with Crippen LogP contribution in [0.4, 0.5) is 0 Å². The van der Waals surface area contributed by atoms with E-state index in [1.165, 1.54) is 0 Å². The Labute approximate surface area is 95.1 Å². The van der Waals surface area contributed by atoms with Crippen molar-refractivity contribution in [2.45, 2.75) is 39.2 Å². The van der Waals surface area contributed by atoms with Crippen molar-refractivity contribution in [2.24, 2.45) is 0 Å². The molecular weight excluding hydrogens is 204 g/mol. The Morgan fingerprint density at radius 3 is 3.12 bits per heavy atom. The summed E-state index contributed by atoms with van der Waals surface area (Å²) < 4.78 is 5.38. The molecule has 0 amide bonds. The van der Waals surface area contributed by atoms with Gasteiger partial charge in [0.2, 0.25) is 0 Å². The molecule has 0 atom stereocenters. The van der Waals surface area contributed by atoms with Crippen LogP contribution in [0.15, 0.2) is 6.20 Å². The molecule has 0 saturated heterocycles. The number of hydrogen-bond donors (Lipinski definition) is 0. The maximum Gasteiger partial charge on any atom is 0.166 e. The predicted octanol–water partition coefficient (Wildman–Crippen LogP) is 1.92. The first-order valence-electron chi connectivity index (χ1n) is 5.77. The first-order valence-corrected chi connectivity index (χ1v) is 5.77. The molecule has 0 aromatic carbocycles. The zero-order chi connectivity index (χ0) is 11.4. The summed E-state index contributed by atoms with van der Waals surface area (Å²) in [6.07, 6.45) is 5.04. The van der Waals surface area contributed by atoms with E-state index in [9.17, 15) is 4.79 Å². The highest BCUT2D eigenvalue weighted by Crippen LogP contribution is 2.18. The van der Waals surface area contributed by atoms with Crippen LogP contribution in [0.1, 0.15) is 48.1 Å². The van der Waals surface area contributed by atoms with Gasteiger partial charge >= 0.3 is 0 Å². The maximum atomic E-state index is 11.5. The normalized spacial score (nSPS) is 14.9. The van der Waals surface area contributed by atoms with E-state index in [4.69, 9.17) is 4.74 Å². The van der Waals surface area contributed by atoms with Crippen LogP contribution in [0.2, 0.25) is 0 Å². The number of hydrogen-bond acceptors (Lipinski definition) is 4. The van der Waals surface area contributed by atoms with Gasteiger partial charge in [0, 0.05) is 19.2 Å². The lowest BCUT2D eigenvalue weighted by molar-refractivity contribution is 0.0968. The van der Waals surface area contributed by atoms with Crippen LogP contribution in [0, 0.1) is 0 Å². The SMILES string of the molecule is CCCOCc1ncc2c(n1)CCCC2=O. The van der Waals surface area contributed by atoms with Crippen molar-refractivity contribution in [1.82, 2.24) is 9.97 Å². The van der Waals surface area contributed by atoms with Crippen molar-refractivity contribution in [3.63, 3.8) is 0 Å². The van der Waals surface area contributed by atoms with Gasteiger partial charge in [0.15, 0.2) is 11.6 Å². The van der Waals surface area contributed by atoms with E-state index >= 15 is 0 Å². The zero-order valence-corrected chi connectivity index (χ0v) is 9.53. The number of aromatic nitrogens is 2. The highest BCUT2D eigenvalue weighted by molar-refractivity contribution is 5.97. The average Bonchev–Trinajstić information content (AvgIpc) is 2.30. The van der Waals surface area contributed by atoms with E-state index in [1.54, 1.807) is 6.20 Å². The third kappa shape index (κ3) is 2.44. The summed E-state index contributed by atoms with van der Waals surface area (Å²) in [4.78, 5) is 20.1. The minimum absolute atomic E-state index is 0.169. The molecule has 4 heteroatoms. The third-order valence-corrected chi connectivity index (χ3v) is 2.62.